The van der Waals surface area contributed by atoms with E-state index in [0.717, 1.165) is 12.0 Å². The van der Waals surface area contributed by atoms with Crippen LogP contribution >= 0.6 is 0 Å². The van der Waals surface area contributed by atoms with Crippen molar-refractivity contribution in [1.82, 2.24) is 0 Å². The molecule has 0 spiro atoms. The van der Waals surface area contributed by atoms with Crippen LogP contribution in [0.15, 0.2) is 24.3 Å². The van der Waals surface area contributed by atoms with Crippen LogP contribution in [0.2, 0.25) is 0 Å². The predicted octanol–water partition coefficient (Wildman–Crippen LogP) is 2.66. The molecule has 1 heterocycles. The first-order valence-corrected chi connectivity index (χ1v) is 7.09. The zero-order valence-corrected chi connectivity index (χ0v) is 12.1. The second-order valence-electron chi connectivity index (χ2n) is 5.36. The number of esters is 1. The van der Waals surface area contributed by atoms with Gasteiger partial charge in [0, 0.05) is 6.61 Å². The maximum atomic E-state index is 11.6. The topological polar surface area (TPSA) is 44.8 Å². The fraction of sp³-hybridized carbons (Fsp3) is 0.562. The van der Waals surface area contributed by atoms with E-state index in [1.807, 2.05) is 12.1 Å². The molecule has 0 saturated carbocycles. The molecule has 0 aromatic heterocycles. The molecule has 1 aromatic carbocycles. The Kier molecular flexibility index (Phi) is 5.56. The van der Waals surface area contributed by atoms with Crippen LogP contribution < -0.4 is 0 Å². The van der Waals surface area contributed by atoms with Gasteiger partial charge in [-0.3, -0.25) is 0 Å². The van der Waals surface area contributed by atoms with Crippen LogP contribution in [0, 0.1) is 0 Å². The average Bonchev–Trinajstić information content (AvgIpc) is 2.96. The van der Waals surface area contributed by atoms with E-state index >= 15 is 0 Å². The highest BCUT2D eigenvalue weighted by molar-refractivity contribution is 5.70. The molecule has 1 aromatic rings. The number of carbonyl (C=O) groups is 1. The summed E-state index contributed by atoms with van der Waals surface area (Å²) in [6.45, 7) is 5.86. The van der Waals surface area contributed by atoms with E-state index in [-0.39, 0.29) is 18.7 Å². The Morgan fingerprint density at radius 3 is 3.00 bits per heavy atom. The van der Waals surface area contributed by atoms with Crippen molar-refractivity contribution in [2.75, 3.05) is 19.8 Å². The maximum absolute atomic E-state index is 11.6. The highest BCUT2D eigenvalue weighted by Gasteiger charge is 2.17. The summed E-state index contributed by atoms with van der Waals surface area (Å²) < 4.78 is 15.8. The van der Waals surface area contributed by atoms with Gasteiger partial charge in [-0.05, 0) is 23.5 Å². The summed E-state index contributed by atoms with van der Waals surface area (Å²) in [5.74, 6) is 0.142. The summed E-state index contributed by atoms with van der Waals surface area (Å²) in [5, 5.41) is 0. The van der Waals surface area contributed by atoms with Crippen molar-refractivity contribution < 1.29 is 19.0 Å². The van der Waals surface area contributed by atoms with Crippen molar-refractivity contribution in [3.05, 3.63) is 35.4 Å². The fourth-order valence-corrected chi connectivity index (χ4v) is 2.08. The van der Waals surface area contributed by atoms with Gasteiger partial charge in [-0.15, -0.1) is 0 Å². The second-order valence-corrected chi connectivity index (χ2v) is 5.36. The molecule has 4 heteroatoms. The van der Waals surface area contributed by atoms with Gasteiger partial charge in [0.2, 0.25) is 0 Å². The largest absolute Gasteiger partial charge is 0.459 e. The number of carbonyl (C=O) groups excluding carboxylic acids is 1. The summed E-state index contributed by atoms with van der Waals surface area (Å²) in [4.78, 5) is 11.6. The van der Waals surface area contributed by atoms with Crippen LogP contribution in [0.3, 0.4) is 0 Å². The van der Waals surface area contributed by atoms with Crippen molar-refractivity contribution >= 4 is 5.97 Å². The SMILES string of the molecule is CC(C)c1cccc(COC(=O)COC2CCOC2)c1. The monoisotopic (exact) mass is 278 g/mol. The molecule has 0 radical (unpaired) electrons. The molecule has 0 bridgehead atoms. The maximum Gasteiger partial charge on any atom is 0.332 e. The molecule has 1 aliphatic rings. The van der Waals surface area contributed by atoms with Gasteiger partial charge in [0.05, 0.1) is 12.7 Å². The van der Waals surface area contributed by atoms with Crippen molar-refractivity contribution in [3.8, 4) is 0 Å². The molecule has 1 atom stereocenters. The molecule has 2 rings (SSSR count). The van der Waals surface area contributed by atoms with Crippen LogP contribution in [-0.4, -0.2) is 31.9 Å². The number of hydrogen-bond donors (Lipinski definition) is 0. The van der Waals surface area contributed by atoms with E-state index in [0.29, 0.717) is 25.7 Å². The zero-order valence-electron chi connectivity index (χ0n) is 12.1. The van der Waals surface area contributed by atoms with E-state index in [9.17, 15) is 4.79 Å². The lowest BCUT2D eigenvalue weighted by molar-refractivity contribution is -0.152. The molecule has 4 nitrogen and oxygen atoms in total. The molecular weight excluding hydrogens is 256 g/mol. The summed E-state index contributed by atoms with van der Waals surface area (Å²) in [5.41, 5.74) is 2.26. The third kappa shape index (κ3) is 4.62. The van der Waals surface area contributed by atoms with Crippen LogP contribution in [0.25, 0.3) is 0 Å². The van der Waals surface area contributed by atoms with Gasteiger partial charge in [-0.1, -0.05) is 38.1 Å². The molecule has 0 amide bonds. The minimum Gasteiger partial charge on any atom is -0.459 e. The average molecular weight is 278 g/mol. The Hall–Kier alpha value is -1.39. The molecule has 110 valence electrons. The lowest BCUT2D eigenvalue weighted by Gasteiger charge is -2.11. The fourth-order valence-electron chi connectivity index (χ4n) is 2.08. The minimum absolute atomic E-state index is 0.00209. The summed E-state index contributed by atoms with van der Waals surface area (Å²) in [6, 6.07) is 8.11. The van der Waals surface area contributed by atoms with Gasteiger partial charge in [0.25, 0.3) is 0 Å². The lowest BCUT2D eigenvalue weighted by Crippen LogP contribution is -2.20. The van der Waals surface area contributed by atoms with Gasteiger partial charge >= 0.3 is 5.97 Å². The van der Waals surface area contributed by atoms with Crippen molar-refractivity contribution in [2.45, 2.75) is 38.9 Å². The van der Waals surface area contributed by atoms with E-state index in [2.05, 4.69) is 26.0 Å². The van der Waals surface area contributed by atoms with Gasteiger partial charge in [0.1, 0.15) is 13.2 Å². The first-order chi connectivity index (χ1) is 9.65. The Morgan fingerprint density at radius 2 is 2.30 bits per heavy atom. The summed E-state index contributed by atoms with van der Waals surface area (Å²) >= 11 is 0. The number of rotatable bonds is 6. The quantitative estimate of drug-likeness (QED) is 0.750. The Morgan fingerprint density at radius 1 is 1.45 bits per heavy atom. The molecule has 0 N–H and O–H groups in total. The first kappa shape index (κ1) is 15.0. The molecule has 20 heavy (non-hydrogen) atoms. The molecule has 1 unspecified atom stereocenters. The second kappa shape index (κ2) is 7.41. The molecule has 1 fully saturated rings. The standard InChI is InChI=1S/C16H22O4/c1-12(2)14-5-3-4-13(8-14)9-20-16(17)11-19-15-6-7-18-10-15/h3-5,8,12,15H,6-7,9-11H2,1-2H3. The number of hydrogen-bond acceptors (Lipinski definition) is 4. The van der Waals surface area contributed by atoms with Gasteiger partial charge in [-0.2, -0.15) is 0 Å². The predicted molar refractivity (Wildman–Crippen MR) is 75.5 cm³/mol. The highest BCUT2D eigenvalue weighted by Crippen LogP contribution is 2.16. The van der Waals surface area contributed by atoms with E-state index in [4.69, 9.17) is 14.2 Å². The lowest BCUT2D eigenvalue weighted by atomic mass is 10.0. The van der Waals surface area contributed by atoms with E-state index in [1.165, 1.54) is 5.56 Å². The zero-order chi connectivity index (χ0) is 14.4. The molecular formula is C16H22O4. The third-order valence-electron chi connectivity index (χ3n) is 3.34. The summed E-state index contributed by atoms with van der Waals surface area (Å²) in [7, 11) is 0. The van der Waals surface area contributed by atoms with Crippen LogP contribution in [0.1, 0.15) is 37.3 Å². The normalized spacial score (nSPS) is 18.4. The van der Waals surface area contributed by atoms with Gasteiger partial charge in [-0.25, -0.2) is 4.79 Å². The van der Waals surface area contributed by atoms with Crippen molar-refractivity contribution in [1.29, 1.82) is 0 Å². The van der Waals surface area contributed by atoms with E-state index in [1.54, 1.807) is 0 Å². The first-order valence-electron chi connectivity index (χ1n) is 7.09. The highest BCUT2D eigenvalue weighted by atomic mass is 16.6. The summed E-state index contributed by atoms with van der Waals surface area (Å²) in [6.07, 6.45) is 0.885. The van der Waals surface area contributed by atoms with Crippen molar-refractivity contribution in [2.24, 2.45) is 0 Å². The van der Waals surface area contributed by atoms with Crippen LogP contribution in [0.4, 0.5) is 0 Å². The third-order valence-corrected chi connectivity index (χ3v) is 3.34. The van der Waals surface area contributed by atoms with Gasteiger partial charge in [0.15, 0.2) is 0 Å². The number of benzene rings is 1. The van der Waals surface area contributed by atoms with Crippen molar-refractivity contribution in [3.63, 3.8) is 0 Å². The van der Waals surface area contributed by atoms with Crippen LogP contribution in [0.5, 0.6) is 0 Å². The molecule has 1 aliphatic heterocycles. The molecule has 0 aliphatic carbocycles. The number of ether oxygens (including phenoxy) is 3. The molecule has 1 saturated heterocycles. The Labute approximate surface area is 120 Å². The van der Waals surface area contributed by atoms with Crippen LogP contribution in [-0.2, 0) is 25.6 Å². The van der Waals surface area contributed by atoms with Gasteiger partial charge < -0.3 is 14.2 Å². The minimum atomic E-state index is -0.327. The Balaban J connectivity index is 1.73. The van der Waals surface area contributed by atoms with E-state index < -0.39 is 0 Å². The smallest absolute Gasteiger partial charge is 0.332 e. The Bertz CT molecular complexity index is 436.